The summed E-state index contributed by atoms with van der Waals surface area (Å²) in [5.41, 5.74) is 3.13. The van der Waals surface area contributed by atoms with E-state index in [9.17, 15) is 9.18 Å². The van der Waals surface area contributed by atoms with Crippen LogP contribution >= 0.6 is 11.8 Å². The molecule has 35 heavy (non-hydrogen) atoms. The van der Waals surface area contributed by atoms with Crippen molar-refractivity contribution in [1.82, 2.24) is 14.6 Å². The van der Waals surface area contributed by atoms with Gasteiger partial charge in [0.2, 0.25) is 5.17 Å². The smallest absolute Gasteiger partial charge is 0.283 e. The molecule has 6 rings (SSSR count). The molecule has 0 fully saturated rings. The fourth-order valence-electron chi connectivity index (χ4n) is 4.08. The maximum Gasteiger partial charge on any atom is 0.283 e. The van der Waals surface area contributed by atoms with Crippen molar-refractivity contribution >= 4 is 50.7 Å². The molecule has 2 aromatic carbocycles. The van der Waals surface area contributed by atoms with Gasteiger partial charge in [-0.2, -0.15) is 15.1 Å². The number of fused-ring (bicyclic) bond motifs is 2. The Morgan fingerprint density at radius 1 is 1.06 bits per heavy atom. The number of nitrogens with one attached hydrogen (secondary N) is 1. The Bertz CT molecular complexity index is 1600. The van der Waals surface area contributed by atoms with Gasteiger partial charge in [-0.1, -0.05) is 36.4 Å². The van der Waals surface area contributed by atoms with E-state index in [1.165, 1.54) is 22.8 Å². The van der Waals surface area contributed by atoms with Crippen LogP contribution in [0.25, 0.3) is 17.0 Å². The number of carbonyl (C=O) groups is 1. The molecule has 170 valence electrons. The van der Waals surface area contributed by atoms with Crippen LogP contribution in [-0.2, 0) is 11.3 Å². The van der Waals surface area contributed by atoms with E-state index in [0.29, 0.717) is 22.3 Å². The summed E-state index contributed by atoms with van der Waals surface area (Å²) in [7, 11) is 0. The third kappa shape index (κ3) is 3.75. The molecule has 0 bridgehead atoms. The number of amidine groups is 2. The summed E-state index contributed by atoms with van der Waals surface area (Å²) in [6.07, 6.45) is 6.88. The second-order valence-electron chi connectivity index (χ2n) is 7.99. The molecule has 0 saturated carbocycles. The Morgan fingerprint density at radius 3 is 2.71 bits per heavy atom. The van der Waals surface area contributed by atoms with E-state index < -0.39 is 5.91 Å². The summed E-state index contributed by atoms with van der Waals surface area (Å²) in [6.45, 7) is 0.339. The van der Waals surface area contributed by atoms with Gasteiger partial charge >= 0.3 is 0 Å². The summed E-state index contributed by atoms with van der Waals surface area (Å²) in [6, 6.07) is 18.0. The van der Waals surface area contributed by atoms with Crippen molar-refractivity contribution in [1.29, 1.82) is 5.41 Å². The van der Waals surface area contributed by atoms with Crippen molar-refractivity contribution in [3.63, 3.8) is 0 Å². The molecule has 2 aromatic heterocycles. The molecule has 4 aromatic rings. The average Bonchev–Trinajstić information content (AvgIpc) is 3.46. The Kier molecular flexibility index (Phi) is 5.11. The summed E-state index contributed by atoms with van der Waals surface area (Å²) in [5.74, 6) is -0.815. The van der Waals surface area contributed by atoms with E-state index in [1.54, 1.807) is 42.7 Å². The van der Waals surface area contributed by atoms with E-state index in [1.807, 2.05) is 41.1 Å². The zero-order valence-electron chi connectivity index (χ0n) is 18.2. The number of rotatable bonds is 4. The molecule has 0 aliphatic carbocycles. The van der Waals surface area contributed by atoms with Crippen LogP contribution < -0.4 is 0 Å². The van der Waals surface area contributed by atoms with Crippen LogP contribution in [0, 0.1) is 11.2 Å². The number of amides is 1. The van der Waals surface area contributed by atoms with Gasteiger partial charge in [-0.25, -0.2) is 4.39 Å². The van der Waals surface area contributed by atoms with E-state index >= 15 is 0 Å². The molecule has 1 amide bonds. The number of para-hydroxylation sites is 1. The number of hydrogen-bond acceptors (Lipinski definition) is 5. The highest BCUT2D eigenvalue weighted by Gasteiger charge is 2.36. The first kappa shape index (κ1) is 21.2. The number of pyridine rings is 1. The van der Waals surface area contributed by atoms with Crippen LogP contribution in [0.5, 0.6) is 0 Å². The second kappa shape index (κ2) is 8.44. The van der Waals surface area contributed by atoms with Gasteiger partial charge in [0.1, 0.15) is 10.9 Å². The predicted octanol–water partition coefficient (Wildman–Crippen LogP) is 4.89. The third-order valence-corrected chi connectivity index (χ3v) is 6.74. The fraction of sp³-hybridized carbons (Fsp3) is 0.0385. The Labute approximate surface area is 203 Å². The van der Waals surface area contributed by atoms with Crippen molar-refractivity contribution in [3.05, 3.63) is 107 Å². The van der Waals surface area contributed by atoms with E-state index in [2.05, 4.69) is 15.1 Å². The molecule has 4 heterocycles. The lowest BCUT2D eigenvalue weighted by atomic mass is 10.1. The molecule has 1 N–H and O–H groups in total. The molecule has 2 aliphatic heterocycles. The highest BCUT2D eigenvalue weighted by molar-refractivity contribution is 8.27. The minimum absolute atomic E-state index is 0.0441. The summed E-state index contributed by atoms with van der Waals surface area (Å²) in [5, 5.41) is 16.4. The first-order chi connectivity index (χ1) is 17.1. The van der Waals surface area contributed by atoms with Gasteiger partial charge in [-0.3, -0.25) is 15.2 Å². The number of hydrogen-bond donors (Lipinski definition) is 1. The van der Waals surface area contributed by atoms with Gasteiger partial charge in [0.25, 0.3) is 5.91 Å². The average molecular weight is 481 g/mol. The number of aliphatic imine (C=N–C) groups is 1. The summed E-state index contributed by atoms with van der Waals surface area (Å²) in [4.78, 5) is 21.2. The molecule has 7 nitrogen and oxygen atoms in total. The zero-order valence-corrected chi connectivity index (χ0v) is 19.0. The summed E-state index contributed by atoms with van der Waals surface area (Å²) >= 11 is 1.23. The lowest BCUT2D eigenvalue weighted by molar-refractivity contribution is -0.114. The Hall–Kier alpha value is -4.37. The first-order valence-corrected chi connectivity index (χ1v) is 11.6. The molecule has 9 heteroatoms. The van der Waals surface area contributed by atoms with Gasteiger partial charge in [0, 0.05) is 46.2 Å². The lowest BCUT2D eigenvalue weighted by Gasteiger charge is -2.20. The number of hydrazone groups is 1. The predicted molar refractivity (Wildman–Crippen MR) is 136 cm³/mol. The van der Waals surface area contributed by atoms with Crippen molar-refractivity contribution in [2.45, 2.75) is 6.54 Å². The third-order valence-electron chi connectivity index (χ3n) is 5.78. The van der Waals surface area contributed by atoms with Crippen molar-refractivity contribution in [2.75, 3.05) is 0 Å². The first-order valence-electron chi connectivity index (χ1n) is 10.8. The van der Waals surface area contributed by atoms with E-state index in [4.69, 9.17) is 5.41 Å². The summed E-state index contributed by atoms with van der Waals surface area (Å²) < 4.78 is 16.2. The maximum absolute atomic E-state index is 14.3. The van der Waals surface area contributed by atoms with Gasteiger partial charge in [0.15, 0.2) is 5.84 Å². The zero-order chi connectivity index (χ0) is 23.9. The second-order valence-corrected chi connectivity index (χ2v) is 8.94. The van der Waals surface area contributed by atoms with E-state index in [0.717, 1.165) is 22.0 Å². The van der Waals surface area contributed by atoms with Crippen LogP contribution in [0.3, 0.4) is 0 Å². The van der Waals surface area contributed by atoms with Gasteiger partial charge in [-0.15, -0.1) is 0 Å². The van der Waals surface area contributed by atoms with Crippen LogP contribution in [0.15, 0.2) is 94.9 Å². The molecule has 0 spiro atoms. The SMILES string of the molecule is N=C1/C(=C\c2cn(Cc3ccccc3F)c3ccccc23)C(=O)N=C2SC(c3cccnc3)=NN12. The normalized spacial score (nSPS) is 16.6. The number of benzene rings is 2. The van der Waals surface area contributed by atoms with Gasteiger partial charge in [0.05, 0.1) is 12.1 Å². The topological polar surface area (TPSA) is 86.7 Å². The van der Waals surface area contributed by atoms with Crippen molar-refractivity contribution in [3.8, 4) is 0 Å². The molecular formula is C26H17FN6OS. The van der Waals surface area contributed by atoms with Gasteiger partial charge in [-0.05, 0) is 42.1 Å². The highest BCUT2D eigenvalue weighted by atomic mass is 32.2. The van der Waals surface area contributed by atoms with Crippen LogP contribution in [0.4, 0.5) is 4.39 Å². The van der Waals surface area contributed by atoms with Crippen molar-refractivity contribution in [2.24, 2.45) is 10.1 Å². The number of halogens is 1. The fourth-order valence-corrected chi connectivity index (χ4v) is 4.97. The monoisotopic (exact) mass is 480 g/mol. The number of thioether (sulfide) groups is 1. The quantitative estimate of drug-likeness (QED) is 0.422. The molecule has 0 unspecified atom stereocenters. The highest BCUT2D eigenvalue weighted by Crippen LogP contribution is 2.32. The largest absolute Gasteiger partial charge is 0.342 e. The number of aromatic nitrogens is 2. The molecule has 0 atom stereocenters. The van der Waals surface area contributed by atoms with Gasteiger partial charge < -0.3 is 4.57 Å². The minimum Gasteiger partial charge on any atom is -0.342 e. The molecule has 0 saturated heterocycles. The number of nitrogens with zero attached hydrogens (tertiary/aromatic N) is 5. The Balaban J connectivity index is 1.39. The molecule has 0 radical (unpaired) electrons. The maximum atomic E-state index is 14.3. The molecular weight excluding hydrogens is 463 g/mol. The molecule has 2 aliphatic rings. The Morgan fingerprint density at radius 2 is 1.89 bits per heavy atom. The standard InChI is InChI=1S/C26H17FN6OS/c27-21-9-3-1-6-17(21)14-32-15-18(19-8-2-4-10-22(19)32)12-20-23(28)33-26(30-24(20)34)35-25(31-33)16-7-5-11-29-13-16/h1-13,15,28H,14H2/b20-12+,28-23?. The van der Waals surface area contributed by atoms with Crippen LogP contribution in [0.1, 0.15) is 16.7 Å². The lowest BCUT2D eigenvalue weighted by Crippen LogP contribution is -2.35. The van der Waals surface area contributed by atoms with Crippen molar-refractivity contribution < 1.29 is 9.18 Å². The minimum atomic E-state index is -0.498. The van der Waals surface area contributed by atoms with Crippen LogP contribution in [-0.4, -0.2) is 36.5 Å². The number of carbonyl (C=O) groups excluding carboxylic acids is 1. The van der Waals surface area contributed by atoms with E-state index in [-0.39, 0.29) is 17.2 Å². The van der Waals surface area contributed by atoms with Crippen LogP contribution in [0.2, 0.25) is 0 Å².